The first-order chi connectivity index (χ1) is 7.83. The molecule has 0 spiro atoms. The standard InChI is InChI=1S/C12H16N4/c13-9(8-5-6-8)7-14-12-15-10-3-1-2-4-11(10)16-12/h1-4,8-9H,5-7,13H2,(H2,14,15,16). The smallest absolute Gasteiger partial charge is 0.201 e. The summed E-state index contributed by atoms with van der Waals surface area (Å²) in [6.45, 7) is 0.796. The molecule has 0 aliphatic heterocycles. The maximum absolute atomic E-state index is 6.02. The number of nitrogens with one attached hydrogen (secondary N) is 2. The lowest BCUT2D eigenvalue weighted by molar-refractivity contribution is 0.619. The first-order valence-electron chi connectivity index (χ1n) is 5.77. The number of benzene rings is 1. The molecule has 16 heavy (non-hydrogen) atoms. The van der Waals surface area contributed by atoms with Gasteiger partial charge in [0.2, 0.25) is 5.95 Å². The van der Waals surface area contributed by atoms with Crippen molar-refractivity contribution in [3.05, 3.63) is 24.3 Å². The van der Waals surface area contributed by atoms with Gasteiger partial charge in [0, 0.05) is 12.6 Å². The molecule has 1 aliphatic carbocycles. The molecule has 4 heteroatoms. The van der Waals surface area contributed by atoms with Gasteiger partial charge >= 0.3 is 0 Å². The Bertz CT molecular complexity index is 453. The second-order valence-electron chi connectivity index (χ2n) is 4.48. The van der Waals surface area contributed by atoms with E-state index in [2.05, 4.69) is 15.3 Å². The van der Waals surface area contributed by atoms with E-state index >= 15 is 0 Å². The number of hydrogen-bond donors (Lipinski definition) is 3. The van der Waals surface area contributed by atoms with Crippen molar-refractivity contribution in [2.24, 2.45) is 11.7 Å². The van der Waals surface area contributed by atoms with Gasteiger partial charge in [-0.15, -0.1) is 0 Å². The van der Waals surface area contributed by atoms with Gasteiger partial charge in [-0.1, -0.05) is 12.1 Å². The Balaban J connectivity index is 1.69. The highest BCUT2D eigenvalue weighted by molar-refractivity contribution is 5.77. The van der Waals surface area contributed by atoms with Gasteiger partial charge in [-0.2, -0.15) is 0 Å². The Morgan fingerprint density at radius 3 is 3.00 bits per heavy atom. The van der Waals surface area contributed by atoms with Crippen molar-refractivity contribution in [1.29, 1.82) is 0 Å². The molecule has 0 radical (unpaired) electrons. The van der Waals surface area contributed by atoms with E-state index in [4.69, 9.17) is 5.73 Å². The minimum absolute atomic E-state index is 0.258. The Labute approximate surface area is 94.3 Å². The van der Waals surface area contributed by atoms with Crippen molar-refractivity contribution < 1.29 is 0 Å². The van der Waals surface area contributed by atoms with Gasteiger partial charge in [0.25, 0.3) is 0 Å². The monoisotopic (exact) mass is 216 g/mol. The molecule has 1 aliphatic rings. The minimum Gasteiger partial charge on any atom is -0.354 e. The number of H-pyrrole nitrogens is 1. The second-order valence-corrected chi connectivity index (χ2v) is 4.48. The van der Waals surface area contributed by atoms with E-state index < -0.39 is 0 Å². The van der Waals surface area contributed by atoms with Crippen molar-refractivity contribution >= 4 is 17.0 Å². The van der Waals surface area contributed by atoms with Crippen molar-refractivity contribution in [2.45, 2.75) is 18.9 Å². The molecule has 1 unspecified atom stereocenters. The third kappa shape index (κ3) is 1.88. The van der Waals surface area contributed by atoms with Gasteiger partial charge in [-0.3, -0.25) is 0 Å². The Morgan fingerprint density at radius 2 is 2.25 bits per heavy atom. The molecule has 1 aromatic heterocycles. The van der Waals surface area contributed by atoms with E-state index in [0.29, 0.717) is 0 Å². The number of nitrogens with zero attached hydrogens (tertiary/aromatic N) is 1. The third-order valence-electron chi connectivity index (χ3n) is 3.12. The van der Waals surface area contributed by atoms with Gasteiger partial charge in [-0.05, 0) is 30.9 Å². The maximum Gasteiger partial charge on any atom is 0.201 e. The summed E-state index contributed by atoms with van der Waals surface area (Å²) < 4.78 is 0. The highest BCUT2D eigenvalue weighted by Crippen LogP contribution is 2.31. The molecule has 0 bridgehead atoms. The number of rotatable bonds is 4. The normalized spacial score (nSPS) is 17.6. The molecule has 4 nitrogen and oxygen atoms in total. The zero-order chi connectivity index (χ0) is 11.0. The number of aromatic amines is 1. The van der Waals surface area contributed by atoms with Crippen molar-refractivity contribution in [3.63, 3.8) is 0 Å². The highest BCUT2D eigenvalue weighted by atomic mass is 15.1. The van der Waals surface area contributed by atoms with Crippen LogP contribution in [-0.4, -0.2) is 22.6 Å². The molecule has 2 aromatic rings. The van der Waals surface area contributed by atoms with Gasteiger partial charge in [0.15, 0.2) is 0 Å². The van der Waals surface area contributed by atoms with Crippen LogP contribution in [-0.2, 0) is 0 Å². The minimum atomic E-state index is 0.258. The largest absolute Gasteiger partial charge is 0.354 e. The lowest BCUT2D eigenvalue weighted by Gasteiger charge is -2.10. The number of fused-ring (bicyclic) bond motifs is 1. The fourth-order valence-corrected chi connectivity index (χ4v) is 1.94. The first kappa shape index (κ1) is 9.66. The Morgan fingerprint density at radius 1 is 1.44 bits per heavy atom. The summed E-state index contributed by atoms with van der Waals surface area (Å²) in [6.07, 6.45) is 2.56. The van der Waals surface area contributed by atoms with Crippen LogP contribution in [0.1, 0.15) is 12.8 Å². The number of imidazole rings is 1. The highest BCUT2D eigenvalue weighted by Gasteiger charge is 2.28. The van der Waals surface area contributed by atoms with Crippen molar-refractivity contribution in [3.8, 4) is 0 Å². The molecular formula is C12H16N4. The molecule has 84 valence electrons. The lowest BCUT2D eigenvalue weighted by atomic mass is 10.2. The maximum atomic E-state index is 6.02. The van der Waals surface area contributed by atoms with E-state index in [1.807, 2.05) is 24.3 Å². The average Bonchev–Trinajstić information content (AvgIpc) is 3.06. The van der Waals surface area contributed by atoms with Crippen LogP contribution < -0.4 is 11.1 Å². The van der Waals surface area contributed by atoms with E-state index in [-0.39, 0.29) is 6.04 Å². The van der Waals surface area contributed by atoms with Crippen LogP contribution in [0.5, 0.6) is 0 Å². The molecule has 1 saturated carbocycles. The molecule has 1 atom stereocenters. The number of aromatic nitrogens is 2. The molecule has 3 rings (SSSR count). The van der Waals surface area contributed by atoms with Crippen LogP contribution in [0.2, 0.25) is 0 Å². The Kier molecular flexibility index (Phi) is 2.29. The number of anilines is 1. The topological polar surface area (TPSA) is 66.7 Å². The fraction of sp³-hybridized carbons (Fsp3) is 0.417. The van der Waals surface area contributed by atoms with Gasteiger partial charge < -0.3 is 16.0 Å². The summed E-state index contributed by atoms with van der Waals surface area (Å²) in [5.74, 6) is 1.54. The van der Waals surface area contributed by atoms with E-state index in [1.54, 1.807) is 0 Å². The number of para-hydroxylation sites is 2. The molecule has 4 N–H and O–H groups in total. The summed E-state index contributed by atoms with van der Waals surface area (Å²) in [5, 5.41) is 3.26. The van der Waals surface area contributed by atoms with E-state index in [9.17, 15) is 0 Å². The second kappa shape index (κ2) is 3.79. The molecule has 1 aromatic carbocycles. The van der Waals surface area contributed by atoms with Gasteiger partial charge in [-0.25, -0.2) is 4.98 Å². The first-order valence-corrected chi connectivity index (χ1v) is 5.77. The predicted molar refractivity (Wildman–Crippen MR) is 65.3 cm³/mol. The summed E-state index contributed by atoms with van der Waals surface area (Å²) in [7, 11) is 0. The van der Waals surface area contributed by atoms with Gasteiger partial charge in [0.05, 0.1) is 11.0 Å². The van der Waals surface area contributed by atoms with E-state index in [0.717, 1.165) is 29.4 Å². The molecule has 0 amide bonds. The van der Waals surface area contributed by atoms with Crippen LogP contribution in [0, 0.1) is 5.92 Å². The molecule has 0 saturated heterocycles. The van der Waals surface area contributed by atoms with Crippen LogP contribution >= 0.6 is 0 Å². The van der Waals surface area contributed by atoms with Crippen LogP contribution in [0.3, 0.4) is 0 Å². The lowest BCUT2D eigenvalue weighted by Crippen LogP contribution is -2.31. The van der Waals surface area contributed by atoms with Crippen LogP contribution in [0.25, 0.3) is 11.0 Å². The van der Waals surface area contributed by atoms with Crippen LogP contribution in [0.4, 0.5) is 5.95 Å². The van der Waals surface area contributed by atoms with Crippen molar-refractivity contribution in [2.75, 3.05) is 11.9 Å². The van der Waals surface area contributed by atoms with Crippen LogP contribution in [0.15, 0.2) is 24.3 Å². The summed E-state index contributed by atoms with van der Waals surface area (Å²) in [4.78, 5) is 7.67. The van der Waals surface area contributed by atoms with E-state index in [1.165, 1.54) is 12.8 Å². The SMILES string of the molecule is NC(CNc1nc2ccccc2[nH]1)C1CC1. The number of nitrogens with two attached hydrogens (primary N) is 1. The molecule has 1 fully saturated rings. The zero-order valence-corrected chi connectivity index (χ0v) is 9.11. The summed E-state index contributed by atoms with van der Waals surface area (Å²) in [5.41, 5.74) is 8.07. The average molecular weight is 216 g/mol. The molecule has 1 heterocycles. The summed E-state index contributed by atoms with van der Waals surface area (Å²) >= 11 is 0. The molecular weight excluding hydrogens is 200 g/mol. The predicted octanol–water partition coefficient (Wildman–Crippen LogP) is 1.71. The fourth-order valence-electron chi connectivity index (χ4n) is 1.94. The van der Waals surface area contributed by atoms with Crippen molar-refractivity contribution in [1.82, 2.24) is 9.97 Å². The third-order valence-corrected chi connectivity index (χ3v) is 3.12. The number of hydrogen-bond acceptors (Lipinski definition) is 3. The van der Waals surface area contributed by atoms with Gasteiger partial charge in [0.1, 0.15) is 0 Å². The quantitative estimate of drug-likeness (QED) is 0.729. The summed E-state index contributed by atoms with van der Waals surface area (Å²) in [6, 6.07) is 8.27. The zero-order valence-electron chi connectivity index (χ0n) is 9.11. The Hall–Kier alpha value is -1.55.